The molecule has 0 aliphatic rings. The lowest BCUT2D eigenvalue weighted by Gasteiger charge is -2.00. The van der Waals surface area contributed by atoms with Crippen LogP contribution in [0, 0.1) is 18.6 Å². The molecular formula is C12H12N4OS. The van der Waals surface area contributed by atoms with E-state index in [1.807, 2.05) is 36.6 Å². The number of aryl methyl sites for hydroxylation is 2. The maximum absolute atomic E-state index is 5.31. The van der Waals surface area contributed by atoms with Gasteiger partial charge < -0.3 is 9.51 Å². The summed E-state index contributed by atoms with van der Waals surface area (Å²) in [6, 6.07) is 5.84. The highest BCUT2D eigenvalue weighted by Gasteiger charge is 2.08. The fourth-order valence-electron chi connectivity index (χ4n) is 1.93. The molecule has 0 radical (unpaired) electrons. The molecule has 0 saturated heterocycles. The maximum Gasteiger partial charge on any atom is 0.179 e. The Kier molecular flexibility index (Phi) is 2.52. The Hall–Kier alpha value is -1.95. The highest BCUT2D eigenvalue weighted by Crippen LogP contribution is 2.14. The van der Waals surface area contributed by atoms with Crippen LogP contribution in [0.3, 0.4) is 0 Å². The van der Waals surface area contributed by atoms with Crippen LogP contribution in [0.5, 0.6) is 0 Å². The minimum absolute atomic E-state index is 0.562. The number of imidazole rings is 1. The van der Waals surface area contributed by atoms with Crippen LogP contribution in [0.25, 0.3) is 11.2 Å². The van der Waals surface area contributed by atoms with Gasteiger partial charge in [0.05, 0.1) is 12.1 Å². The molecule has 3 aromatic heterocycles. The Labute approximate surface area is 108 Å². The van der Waals surface area contributed by atoms with E-state index in [9.17, 15) is 0 Å². The molecule has 0 bridgehead atoms. The van der Waals surface area contributed by atoms with Crippen molar-refractivity contribution in [2.45, 2.75) is 20.4 Å². The third kappa shape index (κ3) is 1.84. The first-order valence-electron chi connectivity index (χ1n) is 5.62. The van der Waals surface area contributed by atoms with E-state index in [1.54, 1.807) is 0 Å². The van der Waals surface area contributed by atoms with Crippen LogP contribution in [-0.2, 0) is 6.54 Å². The summed E-state index contributed by atoms with van der Waals surface area (Å²) in [4.78, 5) is 7.64. The summed E-state index contributed by atoms with van der Waals surface area (Å²) in [7, 11) is 0. The van der Waals surface area contributed by atoms with E-state index >= 15 is 0 Å². The summed E-state index contributed by atoms with van der Waals surface area (Å²) in [6.45, 7) is 4.39. The zero-order chi connectivity index (χ0) is 12.7. The summed E-state index contributed by atoms with van der Waals surface area (Å²) >= 11 is 5.31. The number of H-pyrrole nitrogens is 1. The first-order valence-corrected chi connectivity index (χ1v) is 6.02. The smallest absolute Gasteiger partial charge is 0.179 e. The van der Waals surface area contributed by atoms with Gasteiger partial charge in [0, 0.05) is 11.8 Å². The predicted octanol–water partition coefficient (Wildman–Crippen LogP) is 2.75. The summed E-state index contributed by atoms with van der Waals surface area (Å²) < 4.78 is 7.63. The van der Waals surface area contributed by atoms with Crippen molar-refractivity contribution < 1.29 is 4.52 Å². The lowest BCUT2D eigenvalue weighted by Crippen LogP contribution is -2.01. The monoisotopic (exact) mass is 260 g/mol. The predicted molar refractivity (Wildman–Crippen MR) is 70.0 cm³/mol. The highest BCUT2D eigenvalue weighted by molar-refractivity contribution is 7.71. The average Bonchev–Trinajstić information content (AvgIpc) is 2.86. The van der Waals surface area contributed by atoms with Crippen LogP contribution in [0.1, 0.15) is 17.1 Å². The van der Waals surface area contributed by atoms with Gasteiger partial charge in [0.1, 0.15) is 11.5 Å². The Morgan fingerprint density at radius 2 is 2.22 bits per heavy atom. The van der Waals surface area contributed by atoms with Crippen molar-refractivity contribution >= 4 is 23.4 Å². The lowest BCUT2D eigenvalue weighted by molar-refractivity contribution is 0.389. The van der Waals surface area contributed by atoms with Crippen molar-refractivity contribution in [1.29, 1.82) is 0 Å². The van der Waals surface area contributed by atoms with Crippen LogP contribution in [-0.4, -0.2) is 19.7 Å². The molecule has 3 heterocycles. The second kappa shape index (κ2) is 4.06. The summed E-state index contributed by atoms with van der Waals surface area (Å²) in [5.41, 5.74) is 3.58. The Morgan fingerprint density at radius 1 is 1.39 bits per heavy atom. The maximum atomic E-state index is 5.31. The third-order valence-corrected chi connectivity index (χ3v) is 3.08. The molecular weight excluding hydrogens is 248 g/mol. The SMILES string of the molecule is Cc1ccc2[nH]c(=S)n(Cc3cc(C)on3)c2n1. The first-order chi connectivity index (χ1) is 8.63. The lowest BCUT2D eigenvalue weighted by atomic mass is 10.3. The molecule has 5 nitrogen and oxygen atoms in total. The molecule has 0 atom stereocenters. The van der Waals surface area contributed by atoms with Crippen LogP contribution in [0.4, 0.5) is 0 Å². The number of hydrogen-bond donors (Lipinski definition) is 1. The van der Waals surface area contributed by atoms with Crippen molar-refractivity contribution in [1.82, 2.24) is 19.7 Å². The van der Waals surface area contributed by atoms with Crippen LogP contribution in [0.15, 0.2) is 22.7 Å². The Morgan fingerprint density at radius 3 is 2.94 bits per heavy atom. The average molecular weight is 260 g/mol. The van der Waals surface area contributed by atoms with E-state index < -0.39 is 0 Å². The van der Waals surface area contributed by atoms with E-state index in [0.717, 1.165) is 28.3 Å². The summed E-state index contributed by atoms with van der Waals surface area (Å²) in [5, 5.41) is 3.98. The molecule has 0 aromatic carbocycles. The largest absolute Gasteiger partial charge is 0.361 e. The molecule has 1 N–H and O–H groups in total. The zero-order valence-corrected chi connectivity index (χ0v) is 10.9. The zero-order valence-electron chi connectivity index (χ0n) is 10.1. The Balaban J connectivity index is 2.13. The number of rotatable bonds is 2. The van der Waals surface area contributed by atoms with Gasteiger partial charge in [-0.15, -0.1) is 0 Å². The summed E-state index contributed by atoms with van der Waals surface area (Å²) in [6.07, 6.45) is 0. The van der Waals surface area contributed by atoms with E-state index in [-0.39, 0.29) is 0 Å². The molecule has 18 heavy (non-hydrogen) atoms. The number of fused-ring (bicyclic) bond motifs is 1. The van der Waals surface area contributed by atoms with Gasteiger partial charge in [-0.1, -0.05) is 5.16 Å². The normalized spacial score (nSPS) is 11.2. The van der Waals surface area contributed by atoms with Gasteiger partial charge in [-0.2, -0.15) is 0 Å². The van der Waals surface area contributed by atoms with E-state index in [1.165, 1.54) is 0 Å². The summed E-state index contributed by atoms with van der Waals surface area (Å²) in [5.74, 6) is 0.792. The van der Waals surface area contributed by atoms with Gasteiger partial charge in [0.25, 0.3) is 0 Å². The number of aromatic amines is 1. The third-order valence-electron chi connectivity index (χ3n) is 2.75. The Bertz CT molecular complexity index is 768. The molecule has 0 fully saturated rings. The molecule has 0 spiro atoms. The number of nitrogens with zero attached hydrogens (tertiary/aromatic N) is 3. The molecule has 3 aromatic rings. The number of nitrogens with one attached hydrogen (secondary N) is 1. The van der Waals surface area contributed by atoms with Crippen molar-refractivity contribution in [2.24, 2.45) is 0 Å². The quantitative estimate of drug-likeness (QED) is 0.720. The van der Waals surface area contributed by atoms with E-state index in [2.05, 4.69) is 15.1 Å². The molecule has 0 aliphatic heterocycles. The molecule has 6 heteroatoms. The molecule has 92 valence electrons. The van der Waals surface area contributed by atoms with Gasteiger partial charge in [-0.25, -0.2) is 4.98 Å². The van der Waals surface area contributed by atoms with Crippen LogP contribution >= 0.6 is 12.2 Å². The molecule has 0 amide bonds. The topological polar surface area (TPSA) is 59.6 Å². The van der Waals surface area contributed by atoms with Crippen molar-refractivity contribution in [3.05, 3.63) is 40.1 Å². The number of aromatic nitrogens is 4. The minimum atomic E-state index is 0.562. The molecule has 0 unspecified atom stereocenters. The molecule has 0 saturated carbocycles. The fourth-order valence-corrected chi connectivity index (χ4v) is 2.19. The van der Waals surface area contributed by atoms with Gasteiger partial charge >= 0.3 is 0 Å². The molecule has 3 rings (SSSR count). The second-order valence-electron chi connectivity index (χ2n) is 4.27. The van der Waals surface area contributed by atoms with Crippen LogP contribution in [0.2, 0.25) is 0 Å². The molecule has 0 aliphatic carbocycles. The standard InChI is InChI=1S/C12H12N4OS/c1-7-3-4-10-11(13-7)16(12(18)14-10)6-9-5-8(2)17-15-9/h3-5H,6H2,1-2H3,(H,14,18). The number of pyridine rings is 1. The van der Waals surface area contributed by atoms with Gasteiger partial charge in [0.15, 0.2) is 10.4 Å². The van der Waals surface area contributed by atoms with Gasteiger partial charge in [-0.05, 0) is 38.2 Å². The van der Waals surface area contributed by atoms with Gasteiger partial charge in [-0.3, -0.25) is 4.57 Å². The van der Waals surface area contributed by atoms with E-state index in [0.29, 0.717) is 11.3 Å². The second-order valence-corrected chi connectivity index (χ2v) is 4.66. The van der Waals surface area contributed by atoms with E-state index in [4.69, 9.17) is 16.7 Å². The van der Waals surface area contributed by atoms with Crippen molar-refractivity contribution in [3.8, 4) is 0 Å². The first kappa shape index (κ1) is 11.2. The van der Waals surface area contributed by atoms with Gasteiger partial charge in [0.2, 0.25) is 0 Å². The fraction of sp³-hybridized carbons (Fsp3) is 0.250. The van der Waals surface area contributed by atoms with Crippen molar-refractivity contribution in [3.63, 3.8) is 0 Å². The van der Waals surface area contributed by atoms with Crippen LogP contribution < -0.4 is 0 Å². The minimum Gasteiger partial charge on any atom is -0.361 e. The number of hydrogen-bond acceptors (Lipinski definition) is 4. The van der Waals surface area contributed by atoms with Crippen molar-refractivity contribution in [2.75, 3.05) is 0 Å². The highest BCUT2D eigenvalue weighted by atomic mass is 32.1.